The number of nitrogens with zero attached hydrogens (tertiary/aromatic N) is 1. The fourth-order valence-electron chi connectivity index (χ4n) is 4.77. The number of hydrogen-bond acceptors (Lipinski definition) is 4. The number of aromatic amines is 1. The molecule has 7 nitrogen and oxygen atoms in total. The molecule has 2 aromatic carbocycles. The van der Waals surface area contributed by atoms with Gasteiger partial charge in [-0.3, -0.25) is 0 Å². The van der Waals surface area contributed by atoms with Crippen LogP contribution in [0.1, 0.15) is 44.6 Å². The van der Waals surface area contributed by atoms with Gasteiger partial charge in [0.25, 0.3) is 0 Å². The number of ether oxygens (including phenoxy) is 2. The lowest BCUT2D eigenvalue weighted by atomic mass is 9.91. The number of fused-ring (bicyclic) bond motifs is 5. The molecule has 30 heavy (non-hydrogen) atoms. The summed E-state index contributed by atoms with van der Waals surface area (Å²) in [7, 11) is 0. The average Bonchev–Trinajstić information content (AvgIpc) is 3.46. The first-order chi connectivity index (χ1) is 14.7. The van der Waals surface area contributed by atoms with Gasteiger partial charge in [-0.05, 0) is 35.4 Å². The number of carboxylic acids is 1. The van der Waals surface area contributed by atoms with E-state index >= 15 is 0 Å². The van der Waals surface area contributed by atoms with Crippen molar-refractivity contribution in [2.45, 2.75) is 19.1 Å². The number of hydrogen-bond donors (Lipinski definition) is 3. The predicted molar refractivity (Wildman–Crippen MR) is 108 cm³/mol. The quantitative estimate of drug-likeness (QED) is 0.430. The Morgan fingerprint density at radius 3 is 2.80 bits per heavy atom. The van der Waals surface area contributed by atoms with Gasteiger partial charge in [-0.25, -0.2) is 4.79 Å². The fraction of sp³-hybridized carbons (Fsp3) is 0.174. The van der Waals surface area contributed by atoms with Crippen LogP contribution in [-0.4, -0.2) is 32.5 Å². The largest absolute Gasteiger partial charge is 0.478 e. The lowest BCUT2D eigenvalue weighted by Crippen LogP contribution is -2.24. The first-order valence-corrected chi connectivity index (χ1v) is 9.72. The maximum absolute atomic E-state index is 12.0. The molecule has 0 saturated heterocycles. The van der Waals surface area contributed by atoms with Crippen molar-refractivity contribution in [1.82, 2.24) is 9.55 Å². The highest BCUT2D eigenvalue weighted by Gasteiger charge is 2.35. The number of carboxylic acid groups (broad SMARTS) is 1. The van der Waals surface area contributed by atoms with E-state index in [1.54, 1.807) is 6.07 Å². The van der Waals surface area contributed by atoms with Crippen LogP contribution in [-0.2, 0) is 13.0 Å². The zero-order chi connectivity index (χ0) is 20.4. The molecule has 0 amide bonds. The molecule has 0 bridgehead atoms. The zero-order valence-corrected chi connectivity index (χ0v) is 15.9. The van der Waals surface area contributed by atoms with Crippen LogP contribution in [0.5, 0.6) is 11.5 Å². The minimum atomic E-state index is -0.994. The summed E-state index contributed by atoms with van der Waals surface area (Å²) in [5.41, 5.74) is 5.47. The molecular formula is C23H18N2O5. The van der Waals surface area contributed by atoms with Crippen LogP contribution in [0.15, 0.2) is 48.5 Å². The smallest absolute Gasteiger partial charge is 0.337 e. The molecule has 1 atom stereocenters. The number of benzene rings is 2. The third-order valence-electron chi connectivity index (χ3n) is 6.05. The van der Waals surface area contributed by atoms with Crippen LogP contribution in [0.2, 0.25) is 0 Å². The van der Waals surface area contributed by atoms with Crippen LogP contribution in [0, 0.1) is 0 Å². The van der Waals surface area contributed by atoms with Gasteiger partial charge in [0.15, 0.2) is 11.5 Å². The Morgan fingerprint density at radius 1 is 1.13 bits per heavy atom. The van der Waals surface area contributed by atoms with Gasteiger partial charge in [-0.1, -0.05) is 24.3 Å². The number of aromatic carboxylic acids is 1. The van der Waals surface area contributed by atoms with Gasteiger partial charge in [0.2, 0.25) is 6.79 Å². The molecular weight excluding hydrogens is 384 g/mol. The molecule has 0 aliphatic carbocycles. The minimum Gasteiger partial charge on any atom is -0.478 e. The highest BCUT2D eigenvalue weighted by molar-refractivity contribution is 5.91. The van der Waals surface area contributed by atoms with Crippen molar-refractivity contribution < 1.29 is 24.5 Å². The maximum Gasteiger partial charge on any atom is 0.337 e. The summed E-state index contributed by atoms with van der Waals surface area (Å²) in [6.07, 6.45) is 0.474. The van der Waals surface area contributed by atoms with Crippen molar-refractivity contribution in [1.29, 1.82) is 0 Å². The normalized spacial score (nSPS) is 16.5. The van der Waals surface area contributed by atoms with Crippen LogP contribution in [0.3, 0.4) is 0 Å². The summed E-state index contributed by atoms with van der Waals surface area (Å²) in [5, 5.41) is 20.9. The van der Waals surface area contributed by atoms with Gasteiger partial charge < -0.3 is 29.2 Å². The molecule has 2 aromatic heterocycles. The van der Waals surface area contributed by atoms with Gasteiger partial charge >= 0.3 is 5.97 Å². The number of aromatic nitrogens is 2. The molecule has 150 valence electrons. The molecule has 0 saturated carbocycles. The van der Waals surface area contributed by atoms with Gasteiger partial charge in [-0.15, -0.1) is 0 Å². The molecule has 2 aliphatic rings. The lowest BCUT2D eigenvalue weighted by Gasteiger charge is -2.29. The molecule has 0 fully saturated rings. The Morgan fingerprint density at radius 2 is 1.97 bits per heavy atom. The van der Waals surface area contributed by atoms with E-state index in [0.29, 0.717) is 29.3 Å². The van der Waals surface area contributed by atoms with E-state index < -0.39 is 5.97 Å². The average molecular weight is 402 g/mol. The standard InChI is InChI=1S/C23H18N2O5/c26-10-13-8-16(23(27)28)18-9-15-14-3-1-2-4-17(14)24-21(15)22(25(13)18)12-5-6-19-20(7-12)30-11-29-19/h1-8,22,24,26H,9-11H2,(H,27,28). The molecule has 4 aromatic rings. The fourth-order valence-corrected chi connectivity index (χ4v) is 4.77. The number of H-pyrrole nitrogens is 1. The Bertz CT molecular complexity index is 1330. The Kier molecular flexibility index (Phi) is 3.52. The highest BCUT2D eigenvalue weighted by atomic mass is 16.7. The van der Waals surface area contributed by atoms with Crippen molar-refractivity contribution in [3.63, 3.8) is 0 Å². The first kappa shape index (κ1) is 17.2. The van der Waals surface area contributed by atoms with E-state index in [9.17, 15) is 15.0 Å². The second kappa shape index (κ2) is 6.14. The molecule has 3 N–H and O–H groups in total. The first-order valence-electron chi connectivity index (χ1n) is 9.72. The van der Waals surface area contributed by atoms with Gasteiger partial charge in [0.1, 0.15) is 0 Å². The molecule has 7 heteroatoms. The maximum atomic E-state index is 12.0. The van der Waals surface area contributed by atoms with Gasteiger partial charge in [0, 0.05) is 34.4 Å². The number of aliphatic hydroxyl groups excluding tert-OH is 1. The zero-order valence-electron chi connectivity index (χ0n) is 15.9. The summed E-state index contributed by atoms with van der Waals surface area (Å²) in [6, 6.07) is 15.0. The third-order valence-corrected chi connectivity index (χ3v) is 6.05. The second-order valence-electron chi connectivity index (χ2n) is 7.58. The minimum absolute atomic E-state index is 0.181. The summed E-state index contributed by atoms with van der Waals surface area (Å²) < 4.78 is 13.0. The number of carbonyl (C=O) groups is 1. The molecule has 1 unspecified atom stereocenters. The monoisotopic (exact) mass is 402 g/mol. The Labute approximate surface area is 171 Å². The number of nitrogens with one attached hydrogen (secondary N) is 1. The van der Waals surface area contributed by atoms with E-state index in [1.807, 2.05) is 47.0 Å². The molecule has 0 spiro atoms. The summed E-state index contributed by atoms with van der Waals surface area (Å²) in [6.45, 7) is -0.0716. The highest BCUT2D eigenvalue weighted by Crippen LogP contribution is 2.44. The molecule has 4 heterocycles. The van der Waals surface area contributed by atoms with Crippen LogP contribution in [0.4, 0.5) is 0 Å². The third kappa shape index (κ3) is 2.26. The second-order valence-corrected chi connectivity index (χ2v) is 7.58. The number of aliphatic hydroxyl groups is 1. The van der Waals surface area contributed by atoms with E-state index in [0.717, 1.165) is 27.7 Å². The van der Waals surface area contributed by atoms with Crippen molar-refractivity contribution in [3.05, 3.63) is 82.3 Å². The molecule has 2 aliphatic heterocycles. The summed E-state index contributed by atoms with van der Waals surface area (Å²) in [4.78, 5) is 15.5. The topological polar surface area (TPSA) is 96.7 Å². The molecule has 6 rings (SSSR count). The van der Waals surface area contributed by atoms with Crippen molar-refractivity contribution in [2.24, 2.45) is 0 Å². The van der Waals surface area contributed by atoms with E-state index in [2.05, 4.69) is 4.98 Å². The van der Waals surface area contributed by atoms with E-state index in [4.69, 9.17) is 9.47 Å². The lowest BCUT2D eigenvalue weighted by molar-refractivity contribution is 0.0695. The number of rotatable bonds is 3. The SMILES string of the molecule is O=C(O)c1cc(CO)n2c1Cc1c([nH]c3ccccc13)C2c1ccc2c(c1)OCO2. The van der Waals surface area contributed by atoms with Crippen molar-refractivity contribution in [2.75, 3.05) is 6.79 Å². The van der Waals surface area contributed by atoms with Crippen molar-refractivity contribution >= 4 is 16.9 Å². The van der Waals surface area contributed by atoms with Crippen molar-refractivity contribution in [3.8, 4) is 11.5 Å². The summed E-state index contributed by atoms with van der Waals surface area (Å²) >= 11 is 0. The number of para-hydroxylation sites is 1. The van der Waals surface area contributed by atoms with E-state index in [1.165, 1.54) is 0 Å². The predicted octanol–water partition coefficient (Wildman–Crippen LogP) is 3.43. The van der Waals surface area contributed by atoms with Crippen LogP contribution in [0.25, 0.3) is 10.9 Å². The summed E-state index contributed by atoms with van der Waals surface area (Å²) in [5.74, 6) is 0.354. The Balaban J connectivity index is 1.66. The van der Waals surface area contributed by atoms with Gasteiger partial charge in [0.05, 0.1) is 18.2 Å². The molecule has 0 radical (unpaired) electrons. The van der Waals surface area contributed by atoms with Gasteiger partial charge in [-0.2, -0.15) is 0 Å². The van der Waals surface area contributed by atoms with E-state index in [-0.39, 0.29) is 25.0 Å². The van der Waals surface area contributed by atoms with Crippen LogP contribution >= 0.6 is 0 Å². The Hall–Kier alpha value is -3.71. The van der Waals surface area contributed by atoms with Crippen LogP contribution < -0.4 is 9.47 Å².